The molecule has 86 valence electrons. The van der Waals surface area contributed by atoms with Crippen molar-refractivity contribution >= 4 is 17.3 Å². The lowest BCUT2D eigenvalue weighted by Gasteiger charge is -2.34. The van der Waals surface area contributed by atoms with E-state index in [4.69, 9.17) is 5.73 Å². The van der Waals surface area contributed by atoms with Crippen molar-refractivity contribution in [1.29, 1.82) is 0 Å². The monoisotopic (exact) mass is 220 g/mol. The van der Waals surface area contributed by atoms with E-state index in [1.54, 1.807) is 0 Å². The molecule has 0 radical (unpaired) electrons. The van der Waals surface area contributed by atoms with Crippen molar-refractivity contribution in [2.45, 2.75) is 18.9 Å². The van der Waals surface area contributed by atoms with Crippen LogP contribution in [0.3, 0.4) is 0 Å². The summed E-state index contributed by atoms with van der Waals surface area (Å²) in [6.45, 7) is 0. The number of hydrogen-bond donors (Lipinski definition) is 2. The maximum absolute atomic E-state index is 11.2. The van der Waals surface area contributed by atoms with Crippen LogP contribution in [0.2, 0.25) is 0 Å². The number of rotatable bonds is 3. The highest BCUT2D eigenvalue weighted by Crippen LogP contribution is 2.32. The lowest BCUT2D eigenvalue weighted by atomic mass is 9.80. The smallest absolute Gasteiger partial charge is 0.308 e. The summed E-state index contributed by atoms with van der Waals surface area (Å²) in [7, 11) is 1.43. The molecule has 16 heavy (non-hydrogen) atoms. The van der Waals surface area contributed by atoms with Gasteiger partial charge in [-0.2, -0.15) is 0 Å². The molecule has 1 aromatic carbocycles. The number of esters is 1. The van der Waals surface area contributed by atoms with Crippen molar-refractivity contribution in [3.63, 3.8) is 0 Å². The summed E-state index contributed by atoms with van der Waals surface area (Å²) in [5.41, 5.74) is 7.49. The second-order valence-corrected chi connectivity index (χ2v) is 4.12. The van der Waals surface area contributed by atoms with Crippen LogP contribution in [0, 0.1) is 5.92 Å². The highest BCUT2D eigenvalue weighted by atomic mass is 16.5. The largest absolute Gasteiger partial charge is 0.469 e. The Morgan fingerprint density at radius 2 is 2.12 bits per heavy atom. The molecule has 1 aliphatic rings. The molecule has 3 N–H and O–H groups in total. The fourth-order valence-electron chi connectivity index (χ4n) is 1.94. The normalized spacial score (nSPS) is 23.3. The van der Waals surface area contributed by atoms with E-state index in [-0.39, 0.29) is 11.9 Å². The minimum absolute atomic E-state index is 0.0486. The molecule has 1 aliphatic carbocycles. The van der Waals surface area contributed by atoms with Gasteiger partial charge in [-0.05, 0) is 25.0 Å². The molecule has 0 aromatic heterocycles. The molecule has 0 saturated heterocycles. The van der Waals surface area contributed by atoms with Crippen LogP contribution in [0.4, 0.5) is 11.4 Å². The molecule has 1 saturated carbocycles. The van der Waals surface area contributed by atoms with Gasteiger partial charge in [0.05, 0.1) is 24.4 Å². The first-order valence-corrected chi connectivity index (χ1v) is 5.39. The molecule has 0 bridgehead atoms. The van der Waals surface area contributed by atoms with E-state index in [9.17, 15) is 4.79 Å². The Morgan fingerprint density at radius 3 is 2.75 bits per heavy atom. The molecular weight excluding hydrogens is 204 g/mol. The van der Waals surface area contributed by atoms with E-state index >= 15 is 0 Å². The number of para-hydroxylation sites is 2. The molecule has 0 aliphatic heterocycles. The summed E-state index contributed by atoms with van der Waals surface area (Å²) in [4.78, 5) is 11.2. The first-order valence-electron chi connectivity index (χ1n) is 5.39. The standard InChI is InChI=1S/C12H16N2O2/c1-16-12(15)8-6-9(7-8)14-11-5-3-2-4-10(11)13/h2-5,8-9,14H,6-7,13H2,1H3/t8-,9+. The predicted molar refractivity (Wildman–Crippen MR) is 63.0 cm³/mol. The second-order valence-electron chi connectivity index (χ2n) is 4.12. The van der Waals surface area contributed by atoms with E-state index in [0.29, 0.717) is 6.04 Å². The highest BCUT2D eigenvalue weighted by molar-refractivity contribution is 5.74. The van der Waals surface area contributed by atoms with Crippen LogP contribution in [-0.4, -0.2) is 19.1 Å². The number of nitrogen functional groups attached to an aromatic ring is 1. The third kappa shape index (κ3) is 2.10. The minimum Gasteiger partial charge on any atom is -0.469 e. The van der Waals surface area contributed by atoms with Crippen LogP contribution in [0.25, 0.3) is 0 Å². The Kier molecular flexibility index (Phi) is 2.99. The van der Waals surface area contributed by atoms with Gasteiger partial charge in [-0.3, -0.25) is 4.79 Å². The van der Waals surface area contributed by atoms with Crippen LogP contribution in [0.15, 0.2) is 24.3 Å². The number of benzene rings is 1. The van der Waals surface area contributed by atoms with Crippen LogP contribution in [0.1, 0.15) is 12.8 Å². The zero-order chi connectivity index (χ0) is 11.5. The molecule has 0 atom stereocenters. The van der Waals surface area contributed by atoms with Gasteiger partial charge >= 0.3 is 5.97 Å². The first-order chi connectivity index (χ1) is 7.70. The summed E-state index contributed by atoms with van der Waals surface area (Å²) < 4.78 is 4.68. The Hall–Kier alpha value is -1.71. The third-order valence-electron chi connectivity index (χ3n) is 2.99. The number of hydrogen-bond acceptors (Lipinski definition) is 4. The second kappa shape index (κ2) is 4.43. The van der Waals surface area contributed by atoms with Gasteiger partial charge in [0.1, 0.15) is 0 Å². The molecule has 0 spiro atoms. The van der Waals surface area contributed by atoms with E-state index in [1.807, 2.05) is 24.3 Å². The summed E-state index contributed by atoms with van der Waals surface area (Å²) in [6.07, 6.45) is 1.64. The molecule has 4 nitrogen and oxygen atoms in total. The minimum atomic E-state index is -0.112. The van der Waals surface area contributed by atoms with Gasteiger partial charge < -0.3 is 15.8 Å². The van der Waals surface area contributed by atoms with Gasteiger partial charge in [0.2, 0.25) is 0 Å². The Bertz CT molecular complexity index is 386. The Labute approximate surface area is 94.8 Å². The number of carbonyl (C=O) groups excluding carboxylic acids is 1. The van der Waals surface area contributed by atoms with E-state index < -0.39 is 0 Å². The van der Waals surface area contributed by atoms with Gasteiger partial charge in [-0.15, -0.1) is 0 Å². The molecule has 0 amide bonds. The van der Waals surface area contributed by atoms with Crippen LogP contribution < -0.4 is 11.1 Å². The average Bonchev–Trinajstić information content (AvgIpc) is 2.24. The molecule has 2 rings (SSSR count). The summed E-state index contributed by atoms with van der Waals surface area (Å²) in [6, 6.07) is 7.97. The molecule has 4 heteroatoms. The van der Waals surface area contributed by atoms with Crippen LogP contribution >= 0.6 is 0 Å². The van der Waals surface area contributed by atoms with Crippen LogP contribution in [0.5, 0.6) is 0 Å². The number of nitrogens with two attached hydrogens (primary N) is 1. The van der Waals surface area contributed by atoms with Crippen molar-refractivity contribution < 1.29 is 9.53 Å². The zero-order valence-electron chi connectivity index (χ0n) is 9.27. The Balaban J connectivity index is 1.86. The van der Waals surface area contributed by atoms with E-state index in [2.05, 4.69) is 10.1 Å². The first kappa shape index (κ1) is 10.8. The SMILES string of the molecule is COC(=O)[C@H]1C[C@@H](Nc2ccccc2N)C1. The molecule has 0 heterocycles. The van der Waals surface area contributed by atoms with Crippen molar-refractivity contribution in [1.82, 2.24) is 0 Å². The average molecular weight is 220 g/mol. The fourth-order valence-corrected chi connectivity index (χ4v) is 1.94. The number of ether oxygens (including phenoxy) is 1. The van der Waals surface area contributed by atoms with Gasteiger partial charge in [0, 0.05) is 6.04 Å². The maximum Gasteiger partial charge on any atom is 0.308 e. The van der Waals surface area contributed by atoms with Gasteiger partial charge in [0.15, 0.2) is 0 Å². The van der Waals surface area contributed by atoms with Crippen LogP contribution in [-0.2, 0) is 9.53 Å². The fraction of sp³-hybridized carbons (Fsp3) is 0.417. The van der Waals surface area contributed by atoms with Gasteiger partial charge in [-0.1, -0.05) is 12.1 Å². The molecular formula is C12H16N2O2. The quantitative estimate of drug-likeness (QED) is 0.600. The van der Waals surface area contributed by atoms with Crippen molar-refractivity contribution in [2.24, 2.45) is 5.92 Å². The molecule has 0 unspecified atom stereocenters. The van der Waals surface area contributed by atoms with Crippen molar-refractivity contribution in [3.05, 3.63) is 24.3 Å². The predicted octanol–water partition coefficient (Wildman–Crippen LogP) is 1.63. The molecule has 1 fully saturated rings. The van der Waals surface area contributed by atoms with E-state index in [0.717, 1.165) is 24.2 Å². The lowest BCUT2D eigenvalue weighted by molar-refractivity contribution is -0.148. The number of carbonyl (C=O) groups is 1. The van der Waals surface area contributed by atoms with Crippen molar-refractivity contribution in [3.8, 4) is 0 Å². The zero-order valence-corrected chi connectivity index (χ0v) is 9.27. The number of nitrogens with one attached hydrogen (secondary N) is 1. The van der Waals surface area contributed by atoms with E-state index in [1.165, 1.54) is 7.11 Å². The lowest BCUT2D eigenvalue weighted by Crippen LogP contribution is -2.40. The Morgan fingerprint density at radius 1 is 1.44 bits per heavy atom. The van der Waals surface area contributed by atoms with Gasteiger partial charge in [0.25, 0.3) is 0 Å². The topological polar surface area (TPSA) is 64.3 Å². The summed E-state index contributed by atoms with van der Waals surface area (Å²) in [5.74, 6) is -0.0634. The summed E-state index contributed by atoms with van der Waals surface area (Å²) in [5, 5.41) is 3.32. The number of methoxy groups -OCH3 is 1. The number of anilines is 2. The summed E-state index contributed by atoms with van der Waals surface area (Å²) >= 11 is 0. The third-order valence-corrected chi connectivity index (χ3v) is 2.99. The van der Waals surface area contributed by atoms with Gasteiger partial charge in [-0.25, -0.2) is 0 Å². The van der Waals surface area contributed by atoms with Crippen molar-refractivity contribution in [2.75, 3.05) is 18.2 Å². The highest BCUT2D eigenvalue weighted by Gasteiger charge is 2.35. The maximum atomic E-state index is 11.2. The molecule has 1 aromatic rings.